The van der Waals surface area contributed by atoms with Crippen LogP contribution in [0.5, 0.6) is 0 Å². The molecule has 2 rings (SSSR count). The number of hydrogen-bond donors (Lipinski definition) is 1. The summed E-state index contributed by atoms with van der Waals surface area (Å²) in [7, 11) is 0. The summed E-state index contributed by atoms with van der Waals surface area (Å²) in [6, 6.07) is 14.2. The highest BCUT2D eigenvalue weighted by molar-refractivity contribution is 5.91. The first-order chi connectivity index (χ1) is 10.6. The summed E-state index contributed by atoms with van der Waals surface area (Å²) in [4.78, 5) is 18.3. The summed E-state index contributed by atoms with van der Waals surface area (Å²) in [5, 5.41) is 2.86. The number of nitrogens with zero attached hydrogens (tertiary/aromatic N) is 2. The highest BCUT2D eigenvalue weighted by Crippen LogP contribution is 2.17. The minimum atomic E-state index is -0.0371. The fraction of sp³-hybridized carbons (Fsp3) is 0.333. The first-order valence-electron chi connectivity index (χ1n) is 7.66. The predicted octanol–water partition coefficient (Wildman–Crippen LogP) is 3.70. The zero-order chi connectivity index (χ0) is 15.9. The maximum absolute atomic E-state index is 11.7. The van der Waals surface area contributed by atoms with Gasteiger partial charge in [0.05, 0.1) is 11.9 Å². The topological polar surface area (TPSA) is 45.2 Å². The molecule has 0 aliphatic rings. The van der Waals surface area contributed by atoms with Gasteiger partial charge < -0.3 is 10.2 Å². The Balaban J connectivity index is 2.06. The van der Waals surface area contributed by atoms with E-state index in [1.807, 2.05) is 44.2 Å². The summed E-state index contributed by atoms with van der Waals surface area (Å²) >= 11 is 0. The van der Waals surface area contributed by atoms with Crippen LogP contribution in [0.4, 0.5) is 11.5 Å². The van der Waals surface area contributed by atoms with Crippen LogP contribution in [-0.4, -0.2) is 17.4 Å². The summed E-state index contributed by atoms with van der Waals surface area (Å²) in [5.41, 5.74) is 1.99. The highest BCUT2D eigenvalue weighted by Gasteiger charge is 2.09. The number of benzene rings is 1. The second-order valence-corrected chi connectivity index (χ2v) is 5.55. The third kappa shape index (κ3) is 4.32. The van der Waals surface area contributed by atoms with Crippen molar-refractivity contribution in [1.29, 1.82) is 0 Å². The van der Waals surface area contributed by atoms with Gasteiger partial charge in [0.1, 0.15) is 5.82 Å². The molecule has 116 valence electrons. The molecule has 22 heavy (non-hydrogen) atoms. The van der Waals surface area contributed by atoms with Crippen LogP contribution in [0.25, 0.3) is 0 Å². The lowest BCUT2D eigenvalue weighted by Gasteiger charge is -2.22. The largest absolute Gasteiger partial charge is 0.353 e. The Hall–Kier alpha value is -2.36. The van der Waals surface area contributed by atoms with Crippen molar-refractivity contribution in [3.8, 4) is 0 Å². The van der Waals surface area contributed by atoms with Crippen molar-refractivity contribution >= 4 is 17.4 Å². The van der Waals surface area contributed by atoms with E-state index >= 15 is 0 Å². The number of amides is 1. The van der Waals surface area contributed by atoms with Crippen molar-refractivity contribution in [3.05, 3.63) is 54.2 Å². The minimum absolute atomic E-state index is 0.00573. The van der Waals surface area contributed by atoms with Gasteiger partial charge in [0.15, 0.2) is 0 Å². The standard InChI is InChI=1S/C18H23N3O/c1-4-21(13-15-8-6-5-7-9-15)17-11-10-16(12-19-17)20-18(22)14(2)3/h5-12,14H,4,13H2,1-3H3,(H,20,22). The summed E-state index contributed by atoms with van der Waals surface area (Å²) in [5.74, 6) is 0.880. The molecule has 4 heteroatoms. The molecule has 1 heterocycles. The molecule has 1 amide bonds. The molecule has 1 N–H and O–H groups in total. The fourth-order valence-electron chi connectivity index (χ4n) is 2.09. The van der Waals surface area contributed by atoms with Gasteiger partial charge in [-0.1, -0.05) is 44.2 Å². The van der Waals surface area contributed by atoms with E-state index in [1.165, 1.54) is 5.56 Å². The molecule has 0 atom stereocenters. The molecule has 0 saturated carbocycles. The van der Waals surface area contributed by atoms with Gasteiger partial charge in [-0.3, -0.25) is 4.79 Å². The van der Waals surface area contributed by atoms with E-state index in [4.69, 9.17) is 0 Å². The van der Waals surface area contributed by atoms with E-state index in [-0.39, 0.29) is 11.8 Å². The van der Waals surface area contributed by atoms with Crippen molar-refractivity contribution in [2.45, 2.75) is 27.3 Å². The van der Waals surface area contributed by atoms with Crippen LogP contribution in [0.2, 0.25) is 0 Å². The van der Waals surface area contributed by atoms with Crippen molar-refractivity contribution in [3.63, 3.8) is 0 Å². The fourth-order valence-corrected chi connectivity index (χ4v) is 2.09. The van der Waals surface area contributed by atoms with Gasteiger partial charge in [-0.05, 0) is 24.6 Å². The summed E-state index contributed by atoms with van der Waals surface area (Å²) in [6.07, 6.45) is 1.71. The lowest BCUT2D eigenvalue weighted by Crippen LogP contribution is -2.23. The first kappa shape index (κ1) is 16.0. The average Bonchev–Trinajstić information content (AvgIpc) is 2.54. The molecular formula is C18H23N3O. The van der Waals surface area contributed by atoms with E-state index in [0.717, 1.165) is 24.6 Å². The SMILES string of the molecule is CCN(Cc1ccccc1)c1ccc(NC(=O)C(C)C)cn1. The lowest BCUT2D eigenvalue weighted by atomic mass is 10.2. The normalized spacial score (nSPS) is 10.5. The molecule has 0 bridgehead atoms. The molecule has 0 saturated heterocycles. The Kier molecular flexibility index (Phi) is 5.53. The van der Waals surface area contributed by atoms with Crippen molar-refractivity contribution in [1.82, 2.24) is 4.98 Å². The third-order valence-electron chi connectivity index (χ3n) is 3.46. The van der Waals surface area contributed by atoms with E-state index < -0.39 is 0 Å². The second kappa shape index (κ2) is 7.59. The predicted molar refractivity (Wildman–Crippen MR) is 90.9 cm³/mol. The average molecular weight is 297 g/mol. The number of pyridine rings is 1. The summed E-state index contributed by atoms with van der Waals surface area (Å²) in [6.45, 7) is 7.55. The third-order valence-corrected chi connectivity index (χ3v) is 3.46. The smallest absolute Gasteiger partial charge is 0.226 e. The highest BCUT2D eigenvalue weighted by atomic mass is 16.1. The van der Waals surface area contributed by atoms with Crippen LogP contribution >= 0.6 is 0 Å². The number of carbonyl (C=O) groups is 1. The molecule has 0 spiro atoms. The lowest BCUT2D eigenvalue weighted by molar-refractivity contribution is -0.118. The molecular weight excluding hydrogens is 274 g/mol. The Labute approximate surface area is 132 Å². The molecule has 1 aromatic carbocycles. The maximum Gasteiger partial charge on any atom is 0.226 e. The minimum Gasteiger partial charge on any atom is -0.353 e. The van der Waals surface area contributed by atoms with Crippen molar-refractivity contribution in [2.75, 3.05) is 16.8 Å². The van der Waals surface area contributed by atoms with Gasteiger partial charge in [-0.25, -0.2) is 4.98 Å². The Morgan fingerprint density at radius 1 is 1.18 bits per heavy atom. The Morgan fingerprint density at radius 3 is 2.45 bits per heavy atom. The van der Waals surface area contributed by atoms with Gasteiger partial charge in [0.2, 0.25) is 5.91 Å². The molecule has 0 unspecified atom stereocenters. The van der Waals surface area contributed by atoms with Gasteiger partial charge in [0, 0.05) is 19.0 Å². The van der Waals surface area contributed by atoms with E-state index in [2.05, 4.69) is 34.3 Å². The van der Waals surface area contributed by atoms with E-state index in [9.17, 15) is 4.79 Å². The molecule has 1 aromatic heterocycles. The first-order valence-corrected chi connectivity index (χ1v) is 7.66. The van der Waals surface area contributed by atoms with Gasteiger partial charge in [-0.2, -0.15) is 0 Å². The van der Waals surface area contributed by atoms with Crippen LogP contribution < -0.4 is 10.2 Å². The Morgan fingerprint density at radius 2 is 1.91 bits per heavy atom. The van der Waals surface area contributed by atoms with Crippen molar-refractivity contribution < 1.29 is 4.79 Å². The maximum atomic E-state index is 11.7. The number of anilines is 2. The number of aromatic nitrogens is 1. The number of carbonyl (C=O) groups excluding carboxylic acids is 1. The molecule has 2 aromatic rings. The van der Waals surface area contributed by atoms with Crippen LogP contribution in [0.15, 0.2) is 48.7 Å². The molecule has 0 aliphatic heterocycles. The number of hydrogen-bond acceptors (Lipinski definition) is 3. The van der Waals surface area contributed by atoms with Crippen molar-refractivity contribution in [2.24, 2.45) is 5.92 Å². The monoisotopic (exact) mass is 297 g/mol. The molecule has 0 fully saturated rings. The van der Waals surface area contributed by atoms with Gasteiger partial charge >= 0.3 is 0 Å². The molecule has 0 radical (unpaired) electrons. The Bertz CT molecular complexity index is 593. The second-order valence-electron chi connectivity index (χ2n) is 5.55. The van der Waals surface area contributed by atoms with Crippen LogP contribution in [-0.2, 0) is 11.3 Å². The number of nitrogens with one attached hydrogen (secondary N) is 1. The van der Waals surface area contributed by atoms with Gasteiger partial charge in [0.25, 0.3) is 0 Å². The van der Waals surface area contributed by atoms with Crippen LogP contribution in [0, 0.1) is 5.92 Å². The van der Waals surface area contributed by atoms with E-state index in [1.54, 1.807) is 6.20 Å². The van der Waals surface area contributed by atoms with Crippen LogP contribution in [0.3, 0.4) is 0 Å². The molecule has 4 nitrogen and oxygen atoms in total. The number of rotatable bonds is 6. The van der Waals surface area contributed by atoms with Crippen LogP contribution in [0.1, 0.15) is 26.3 Å². The molecule has 0 aliphatic carbocycles. The van der Waals surface area contributed by atoms with E-state index in [0.29, 0.717) is 0 Å². The quantitative estimate of drug-likeness (QED) is 0.884. The summed E-state index contributed by atoms with van der Waals surface area (Å²) < 4.78 is 0. The zero-order valence-electron chi connectivity index (χ0n) is 13.4. The zero-order valence-corrected chi connectivity index (χ0v) is 13.4. The van der Waals surface area contributed by atoms with Gasteiger partial charge in [-0.15, -0.1) is 0 Å².